The summed E-state index contributed by atoms with van der Waals surface area (Å²) in [5.74, 6) is -2.77. The van der Waals surface area contributed by atoms with Crippen molar-refractivity contribution in [3.63, 3.8) is 0 Å². The number of halogens is 1. The largest absolute Gasteiger partial charge is 0.468 e. The minimum atomic E-state index is -1.24. The van der Waals surface area contributed by atoms with E-state index in [-0.39, 0.29) is 11.1 Å². The molecule has 0 aromatic heterocycles. The summed E-state index contributed by atoms with van der Waals surface area (Å²) in [6.45, 7) is 0.330. The number of methoxy groups -OCH3 is 2. The van der Waals surface area contributed by atoms with Gasteiger partial charge in [-0.3, -0.25) is 9.59 Å². The maximum atomic E-state index is 12.3. The molecule has 120 valence electrons. The molecule has 1 amide bonds. The van der Waals surface area contributed by atoms with Crippen molar-refractivity contribution in [2.45, 2.75) is 12.3 Å². The Bertz CT molecular complexity index is 546. The van der Waals surface area contributed by atoms with Crippen LogP contribution >= 0.6 is 11.6 Å². The van der Waals surface area contributed by atoms with Crippen molar-refractivity contribution in [1.82, 2.24) is 5.32 Å². The van der Waals surface area contributed by atoms with Gasteiger partial charge in [0.25, 0.3) is 0 Å². The quantitative estimate of drug-likeness (QED) is 0.355. The first-order chi connectivity index (χ1) is 10.6. The molecule has 1 unspecified atom stereocenters. The lowest BCUT2D eigenvalue weighted by atomic mass is 9.93. The molecule has 22 heavy (non-hydrogen) atoms. The smallest absolute Gasteiger partial charge is 0.338 e. The fraction of sp³-hybridized carbons (Fsp3) is 0.400. The van der Waals surface area contributed by atoms with Gasteiger partial charge >= 0.3 is 11.9 Å². The van der Waals surface area contributed by atoms with Crippen molar-refractivity contribution in [1.29, 1.82) is 0 Å². The molecule has 0 aliphatic heterocycles. The van der Waals surface area contributed by atoms with Gasteiger partial charge in [0, 0.05) is 12.4 Å². The number of amides is 1. The second-order valence-corrected chi connectivity index (χ2v) is 4.75. The highest BCUT2D eigenvalue weighted by Crippen LogP contribution is 2.23. The Balaban J connectivity index is 3.15. The maximum absolute atomic E-state index is 12.3. The zero-order chi connectivity index (χ0) is 16.5. The van der Waals surface area contributed by atoms with Crippen LogP contribution in [0.2, 0.25) is 0 Å². The molecule has 0 heterocycles. The van der Waals surface area contributed by atoms with E-state index < -0.39 is 23.8 Å². The molecule has 1 N–H and O–H groups in total. The zero-order valence-electron chi connectivity index (χ0n) is 12.4. The Labute approximate surface area is 133 Å². The lowest BCUT2D eigenvalue weighted by Crippen LogP contribution is -2.36. The zero-order valence-corrected chi connectivity index (χ0v) is 13.2. The van der Waals surface area contributed by atoms with Gasteiger partial charge in [-0.25, -0.2) is 4.79 Å². The van der Waals surface area contributed by atoms with Gasteiger partial charge in [0.2, 0.25) is 5.91 Å². The van der Waals surface area contributed by atoms with E-state index in [1.54, 1.807) is 12.1 Å². The first kappa shape index (κ1) is 18.0. The topological polar surface area (TPSA) is 81.7 Å². The molecule has 0 saturated carbocycles. The monoisotopic (exact) mass is 327 g/mol. The second-order valence-electron chi connectivity index (χ2n) is 4.37. The highest BCUT2D eigenvalue weighted by Gasteiger charge is 2.32. The number of esters is 2. The molecule has 1 aromatic carbocycles. The number of carbonyl (C=O) groups excluding carboxylic acids is 3. The highest BCUT2D eigenvalue weighted by molar-refractivity contribution is 6.17. The summed E-state index contributed by atoms with van der Waals surface area (Å²) in [6.07, 6.45) is 0.569. The van der Waals surface area contributed by atoms with Crippen LogP contribution in [0.4, 0.5) is 0 Å². The lowest BCUT2D eigenvalue weighted by Gasteiger charge is -2.17. The summed E-state index contributed by atoms with van der Waals surface area (Å²) in [5, 5.41) is 2.61. The first-order valence-corrected chi connectivity index (χ1v) is 7.19. The summed E-state index contributed by atoms with van der Waals surface area (Å²) in [6, 6.07) is 6.26. The van der Waals surface area contributed by atoms with Crippen molar-refractivity contribution >= 4 is 29.4 Å². The van der Waals surface area contributed by atoms with Gasteiger partial charge < -0.3 is 14.8 Å². The van der Waals surface area contributed by atoms with Gasteiger partial charge in [-0.15, -0.1) is 11.6 Å². The van der Waals surface area contributed by atoms with Crippen LogP contribution < -0.4 is 5.32 Å². The molecule has 7 heteroatoms. The molecule has 1 atom stereocenters. The standard InChI is InChI=1S/C15H18ClNO5/c1-21-14(19)11-7-4-3-6-10(11)12(15(20)22-2)13(18)17-9-5-8-16/h3-4,6-7,12H,5,8-9H2,1-2H3,(H,17,18). The van der Waals surface area contributed by atoms with Crippen molar-refractivity contribution in [2.75, 3.05) is 26.6 Å². The SMILES string of the molecule is COC(=O)c1ccccc1C(C(=O)NCCCCl)C(=O)OC. The molecule has 0 bridgehead atoms. The molecule has 1 aromatic rings. The van der Waals surface area contributed by atoms with Gasteiger partial charge in [-0.1, -0.05) is 18.2 Å². The molecule has 6 nitrogen and oxygen atoms in total. The van der Waals surface area contributed by atoms with E-state index in [9.17, 15) is 14.4 Å². The Morgan fingerprint density at radius 1 is 1.18 bits per heavy atom. The molecule has 0 aliphatic carbocycles. The first-order valence-electron chi connectivity index (χ1n) is 6.65. The molecule has 0 aliphatic rings. The van der Waals surface area contributed by atoms with Gasteiger partial charge in [0.05, 0.1) is 19.8 Å². The number of rotatable bonds is 7. The van der Waals surface area contributed by atoms with Crippen LogP contribution in [0.3, 0.4) is 0 Å². The van der Waals surface area contributed by atoms with Gasteiger partial charge in [-0.2, -0.15) is 0 Å². The van der Waals surface area contributed by atoms with Crippen LogP contribution in [0, 0.1) is 0 Å². The molecule has 0 spiro atoms. The van der Waals surface area contributed by atoms with E-state index in [1.165, 1.54) is 26.4 Å². The minimum absolute atomic E-state index is 0.146. The fourth-order valence-corrected chi connectivity index (χ4v) is 2.05. The van der Waals surface area contributed by atoms with Crippen LogP contribution in [0.5, 0.6) is 0 Å². The molecular formula is C15H18ClNO5. The van der Waals surface area contributed by atoms with E-state index in [0.29, 0.717) is 18.8 Å². The highest BCUT2D eigenvalue weighted by atomic mass is 35.5. The van der Waals surface area contributed by atoms with E-state index >= 15 is 0 Å². The van der Waals surface area contributed by atoms with E-state index in [1.807, 2.05) is 0 Å². The van der Waals surface area contributed by atoms with Crippen LogP contribution in [-0.2, 0) is 19.1 Å². The molecular weight excluding hydrogens is 310 g/mol. The van der Waals surface area contributed by atoms with Crippen molar-refractivity contribution in [3.05, 3.63) is 35.4 Å². The summed E-state index contributed by atoms with van der Waals surface area (Å²) < 4.78 is 9.36. The summed E-state index contributed by atoms with van der Waals surface area (Å²) in [5.41, 5.74) is 0.387. The Hall–Kier alpha value is -2.08. The number of hydrogen-bond donors (Lipinski definition) is 1. The lowest BCUT2D eigenvalue weighted by molar-refractivity contribution is -0.146. The van der Waals surface area contributed by atoms with Crippen LogP contribution in [-0.4, -0.2) is 44.5 Å². The molecule has 0 fully saturated rings. The summed E-state index contributed by atoms with van der Waals surface area (Å²) in [7, 11) is 2.41. The molecule has 0 radical (unpaired) electrons. The average molecular weight is 328 g/mol. The number of alkyl halides is 1. The third-order valence-corrected chi connectivity index (χ3v) is 3.25. The third-order valence-electron chi connectivity index (χ3n) is 2.99. The number of ether oxygens (including phenoxy) is 2. The van der Waals surface area contributed by atoms with Crippen molar-refractivity contribution in [2.24, 2.45) is 0 Å². The summed E-state index contributed by atoms with van der Waals surface area (Å²) in [4.78, 5) is 36.1. The average Bonchev–Trinajstić information content (AvgIpc) is 2.54. The maximum Gasteiger partial charge on any atom is 0.338 e. The van der Waals surface area contributed by atoms with Gasteiger partial charge in [0.15, 0.2) is 5.92 Å². The predicted octanol–water partition coefficient (Wildman–Crippen LogP) is 1.47. The Morgan fingerprint density at radius 3 is 2.45 bits per heavy atom. The van der Waals surface area contributed by atoms with Crippen LogP contribution in [0.15, 0.2) is 24.3 Å². The summed E-state index contributed by atoms with van der Waals surface area (Å²) >= 11 is 5.55. The number of nitrogens with one attached hydrogen (secondary N) is 1. The van der Waals surface area contributed by atoms with Gasteiger partial charge in [0.1, 0.15) is 0 Å². The number of hydrogen-bond acceptors (Lipinski definition) is 5. The van der Waals surface area contributed by atoms with E-state index in [4.69, 9.17) is 11.6 Å². The molecule has 1 rings (SSSR count). The second kappa shape index (κ2) is 9.04. The van der Waals surface area contributed by atoms with Crippen LogP contribution in [0.25, 0.3) is 0 Å². The van der Waals surface area contributed by atoms with E-state index in [0.717, 1.165) is 0 Å². The van der Waals surface area contributed by atoms with Crippen LogP contribution in [0.1, 0.15) is 28.3 Å². The number of benzene rings is 1. The Kier molecular flexibility index (Phi) is 7.39. The minimum Gasteiger partial charge on any atom is -0.468 e. The Morgan fingerprint density at radius 2 is 1.86 bits per heavy atom. The fourth-order valence-electron chi connectivity index (χ4n) is 1.92. The van der Waals surface area contributed by atoms with Crippen molar-refractivity contribution < 1.29 is 23.9 Å². The normalized spacial score (nSPS) is 11.4. The number of carbonyl (C=O) groups is 3. The van der Waals surface area contributed by atoms with Gasteiger partial charge in [-0.05, 0) is 18.1 Å². The van der Waals surface area contributed by atoms with Crippen molar-refractivity contribution in [3.8, 4) is 0 Å². The third kappa shape index (κ3) is 4.46. The van der Waals surface area contributed by atoms with E-state index in [2.05, 4.69) is 14.8 Å². The molecule has 0 saturated heterocycles. The predicted molar refractivity (Wildman–Crippen MR) is 80.9 cm³/mol.